The van der Waals surface area contributed by atoms with Gasteiger partial charge in [-0.15, -0.1) is 6.42 Å². The Bertz CT molecular complexity index is 1130. The zero-order valence-corrected chi connectivity index (χ0v) is 24.0. The monoisotopic (exact) mass is 512 g/mol. The van der Waals surface area contributed by atoms with Crippen LogP contribution in [-0.4, -0.2) is 16.7 Å². The fourth-order valence-electron chi connectivity index (χ4n) is 4.22. The van der Waals surface area contributed by atoms with Gasteiger partial charge in [-0.25, -0.2) is 0 Å². The molecule has 0 aromatic heterocycles. The van der Waals surface area contributed by atoms with Crippen LogP contribution >= 0.6 is 12.6 Å². The molecule has 0 aliphatic carbocycles. The predicted octanol–water partition coefficient (Wildman–Crippen LogP) is 8.73. The molecule has 2 heterocycles. The summed E-state index contributed by atoms with van der Waals surface area (Å²) in [6.45, 7) is 24.0. The number of para-hydroxylation sites is 1. The molecule has 1 saturated heterocycles. The molecule has 4 rings (SSSR count). The third kappa shape index (κ3) is 8.48. The molecule has 0 spiro atoms. The van der Waals surface area contributed by atoms with Gasteiger partial charge in [0.05, 0.1) is 6.54 Å². The van der Waals surface area contributed by atoms with Crippen LogP contribution in [0.1, 0.15) is 63.1 Å². The molecule has 1 unspecified atom stereocenters. The number of anilines is 1. The molecule has 1 fully saturated rings. The van der Waals surface area contributed by atoms with Gasteiger partial charge < -0.3 is 9.80 Å². The second kappa shape index (κ2) is 15.2. The van der Waals surface area contributed by atoms with Crippen LogP contribution in [0.3, 0.4) is 0 Å². The van der Waals surface area contributed by atoms with Crippen LogP contribution in [0.25, 0.3) is 0 Å². The average Bonchev–Trinajstić information content (AvgIpc) is 3.15. The number of terminal acetylenes is 1. The van der Waals surface area contributed by atoms with E-state index in [1.165, 1.54) is 40.9 Å². The molecule has 0 saturated carbocycles. The second-order valence-corrected chi connectivity index (χ2v) is 10.1. The van der Waals surface area contributed by atoms with Gasteiger partial charge in [0.15, 0.2) is 0 Å². The summed E-state index contributed by atoms with van der Waals surface area (Å²) >= 11 is 4.37. The van der Waals surface area contributed by atoms with Crippen LogP contribution in [-0.2, 0) is 19.4 Å². The third-order valence-electron chi connectivity index (χ3n) is 6.78. The van der Waals surface area contributed by atoms with Crippen LogP contribution in [0, 0.1) is 12.3 Å². The second-order valence-electron chi connectivity index (χ2n) is 9.51. The van der Waals surface area contributed by atoms with E-state index in [2.05, 4.69) is 119 Å². The summed E-state index contributed by atoms with van der Waals surface area (Å²) in [7, 11) is 0. The minimum absolute atomic E-state index is 0.179. The number of nitrogens with zero attached hydrogens (tertiary/aromatic N) is 2. The van der Waals surface area contributed by atoms with E-state index in [0.29, 0.717) is 6.54 Å². The summed E-state index contributed by atoms with van der Waals surface area (Å²) in [6.07, 6.45) is 11.9. The molecular weight excluding hydrogens is 468 g/mol. The highest BCUT2D eigenvalue weighted by Crippen LogP contribution is 2.33. The molecule has 2 aromatic carbocycles. The number of hydrogen-bond donors (Lipinski definition) is 1. The number of thiol groups is 1. The first kappa shape index (κ1) is 30.1. The Kier molecular flexibility index (Phi) is 12.4. The van der Waals surface area contributed by atoms with Crippen molar-refractivity contribution >= 4 is 18.3 Å². The maximum atomic E-state index is 5.22. The third-order valence-corrected chi connectivity index (χ3v) is 7.26. The van der Waals surface area contributed by atoms with E-state index in [1.54, 1.807) is 0 Å². The molecule has 1 atom stereocenters. The Hall–Kier alpha value is -3.09. The normalized spacial score (nSPS) is 16.0. The summed E-state index contributed by atoms with van der Waals surface area (Å²) in [5.74, 6) is 2.50. The Balaban J connectivity index is 0.000000244. The van der Waals surface area contributed by atoms with Gasteiger partial charge in [0.25, 0.3) is 0 Å². The van der Waals surface area contributed by atoms with E-state index in [1.807, 2.05) is 4.90 Å². The van der Waals surface area contributed by atoms with E-state index in [4.69, 9.17) is 6.42 Å². The van der Waals surface area contributed by atoms with Crippen LogP contribution < -0.4 is 4.90 Å². The molecule has 0 amide bonds. The van der Waals surface area contributed by atoms with Crippen molar-refractivity contribution in [2.45, 2.75) is 71.1 Å². The van der Waals surface area contributed by atoms with Crippen molar-refractivity contribution < 1.29 is 0 Å². The van der Waals surface area contributed by atoms with Crippen molar-refractivity contribution in [3.05, 3.63) is 114 Å². The fraction of sp³-hybridized carbons (Fsp3) is 0.353. The Morgan fingerprint density at radius 3 is 2.05 bits per heavy atom. The standard InChI is InChI=1S/C19H21N.C11H13NS.C4H10/c1-3-15(2)20-14-18-10-5-4-8-16(18)12-13-17-9-6-7-11-19(17)20;1-5-8(2)7-12-9(3)6-11(13)10(12)4;1-3-4-2/h4-11H,2-3,12-14H2,1H3;1,11,13H,2-4,6-7H2;3-4H2,1-2H3. The van der Waals surface area contributed by atoms with Gasteiger partial charge in [-0.1, -0.05) is 108 Å². The summed E-state index contributed by atoms with van der Waals surface area (Å²) in [6, 6.07) is 17.5. The first-order valence-electron chi connectivity index (χ1n) is 13.3. The molecule has 0 bridgehead atoms. The van der Waals surface area contributed by atoms with Crippen molar-refractivity contribution in [1.29, 1.82) is 0 Å². The van der Waals surface area contributed by atoms with Gasteiger partial charge in [-0.2, -0.15) is 12.6 Å². The van der Waals surface area contributed by atoms with Gasteiger partial charge in [0.2, 0.25) is 0 Å². The molecular formula is C34H44N2S. The summed E-state index contributed by atoms with van der Waals surface area (Å²) in [4.78, 5) is 4.37. The minimum Gasteiger partial charge on any atom is -0.344 e. The molecule has 0 N–H and O–H groups in total. The van der Waals surface area contributed by atoms with Crippen LogP contribution in [0.4, 0.5) is 5.69 Å². The lowest BCUT2D eigenvalue weighted by Gasteiger charge is -2.31. The fourth-order valence-corrected chi connectivity index (χ4v) is 4.57. The molecule has 196 valence electrons. The minimum atomic E-state index is 0.179. The Labute approximate surface area is 231 Å². The number of hydrogen-bond acceptors (Lipinski definition) is 3. The number of likely N-dealkylation sites (tertiary alicyclic amines) is 1. The van der Waals surface area contributed by atoms with Crippen molar-refractivity contribution in [2.24, 2.45) is 0 Å². The molecule has 3 heteroatoms. The van der Waals surface area contributed by atoms with Crippen molar-refractivity contribution in [2.75, 3.05) is 11.4 Å². The highest BCUT2D eigenvalue weighted by molar-refractivity contribution is 7.81. The Morgan fingerprint density at radius 2 is 1.51 bits per heavy atom. The lowest BCUT2D eigenvalue weighted by atomic mass is 9.95. The van der Waals surface area contributed by atoms with E-state index < -0.39 is 0 Å². The van der Waals surface area contributed by atoms with E-state index in [0.717, 1.165) is 49.2 Å². The van der Waals surface area contributed by atoms with Gasteiger partial charge in [-0.05, 0) is 42.0 Å². The number of allylic oxidation sites excluding steroid dienone is 2. The van der Waals surface area contributed by atoms with Crippen molar-refractivity contribution in [1.82, 2.24) is 4.90 Å². The van der Waals surface area contributed by atoms with Crippen molar-refractivity contribution in [3.63, 3.8) is 0 Å². The average molecular weight is 513 g/mol. The first-order valence-corrected chi connectivity index (χ1v) is 13.8. The van der Waals surface area contributed by atoms with Crippen LogP contribution in [0.15, 0.2) is 97.5 Å². The van der Waals surface area contributed by atoms with Gasteiger partial charge >= 0.3 is 0 Å². The number of rotatable bonds is 5. The van der Waals surface area contributed by atoms with E-state index in [9.17, 15) is 0 Å². The summed E-state index contributed by atoms with van der Waals surface area (Å²) in [5, 5.41) is 0.179. The quantitative estimate of drug-likeness (QED) is 0.316. The van der Waals surface area contributed by atoms with Gasteiger partial charge in [0, 0.05) is 46.6 Å². The Morgan fingerprint density at radius 1 is 0.946 bits per heavy atom. The largest absolute Gasteiger partial charge is 0.344 e. The van der Waals surface area contributed by atoms with Gasteiger partial charge in [-0.3, -0.25) is 0 Å². The highest BCUT2D eigenvalue weighted by Gasteiger charge is 2.26. The molecule has 2 aliphatic rings. The molecule has 2 aliphatic heterocycles. The number of unbranched alkanes of at least 4 members (excludes halogenated alkanes) is 1. The number of aryl methyl sites for hydroxylation is 2. The van der Waals surface area contributed by atoms with Crippen LogP contribution in [0.2, 0.25) is 0 Å². The van der Waals surface area contributed by atoms with Gasteiger partial charge in [0.1, 0.15) is 0 Å². The lowest BCUT2D eigenvalue weighted by molar-refractivity contribution is 0.505. The summed E-state index contributed by atoms with van der Waals surface area (Å²) < 4.78 is 0. The number of fused-ring (bicyclic) bond motifs is 2. The SMILES string of the molecule is C#CC(=C)CN1C(=C)CC(S)C1=C.C=C(CC)N1Cc2ccccc2CCc2ccccc21.CCCC. The molecule has 2 aromatic rings. The zero-order chi connectivity index (χ0) is 27.4. The highest BCUT2D eigenvalue weighted by atomic mass is 32.1. The molecule has 2 nitrogen and oxygen atoms in total. The lowest BCUT2D eigenvalue weighted by Crippen LogP contribution is -2.24. The number of benzene rings is 2. The van der Waals surface area contributed by atoms with E-state index in [-0.39, 0.29) is 5.25 Å². The zero-order valence-electron chi connectivity index (χ0n) is 23.1. The maximum Gasteiger partial charge on any atom is 0.0548 e. The van der Waals surface area contributed by atoms with Crippen molar-refractivity contribution in [3.8, 4) is 12.3 Å². The summed E-state index contributed by atoms with van der Waals surface area (Å²) in [5.41, 5.74) is 9.56. The first-order chi connectivity index (χ1) is 17.8. The van der Waals surface area contributed by atoms with E-state index >= 15 is 0 Å². The van der Waals surface area contributed by atoms with Crippen LogP contribution in [0.5, 0.6) is 0 Å². The topological polar surface area (TPSA) is 6.48 Å². The molecule has 0 radical (unpaired) electrons. The molecule has 37 heavy (non-hydrogen) atoms. The smallest absolute Gasteiger partial charge is 0.0548 e. The predicted molar refractivity (Wildman–Crippen MR) is 167 cm³/mol. The maximum absolute atomic E-state index is 5.22.